The number of likely N-dealkylation sites (N-methyl/N-ethyl adjacent to an activating group) is 1. The van der Waals surface area contributed by atoms with Gasteiger partial charge in [0, 0.05) is 36.5 Å². The number of Topliss-reactive ketones (excluding diaryl/α,β-unsaturated/α-hetero) is 2. The van der Waals surface area contributed by atoms with Gasteiger partial charge >= 0.3 is 12.1 Å². The fourth-order valence-corrected chi connectivity index (χ4v) is 8.55. The third kappa shape index (κ3) is 8.90. The molecule has 1 aromatic rings. The summed E-state index contributed by atoms with van der Waals surface area (Å²) in [6, 6.07) is 2.10. The molecule has 3 saturated heterocycles. The van der Waals surface area contributed by atoms with E-state index in [9.17, 15) is 29.4 Å². The van der Waals surface area contributed by atoms with Crippen LogP contribution in [0.15, 0.2) is 24.5 Å². The molecule has 3 aliphatic rings. The highest BCUT2D eigenvalue weighted by molar-refractivity contribution is 6.08. The summed E-state index contributed by atoms with van der Waals surface area (Å²) in [6.07, 6.45) is -2.66. The first-order valence-electron chi connectivity index (χ1n) is 19.1. The summed E-state index contributed by atoms with van der Waals surface area (Å²) in [4.78, 5) is 63.2. The number of nitrogens with zero attached hydrogens (tertiary/aromatic N) is 3. The lowest BCUT2D eigenvalue weighted by molar-refractivity contribution is -0.294. The molecule has 4 heterocycles. The van der Waals surface area contributed by atoms with Gasteiger partial charge in [0.1, 0.15) is 23.7 Å². The number of aliphatic hydroxyl groups excluding tert-OH is 1. The van der Waals surface area contributed by atoms with Crippen LogP contribution in [0.1, 0.15) is 88.0 Å². The van der Waals surface area contributed by atoms with Gasteiger partial charge < -0.3 is 43.7 Å². The maximum atomic E-state index is 16.7. The third-order valence-electron chi connectivity index (χ3n) is 11.6. The number of fused-ring (bicyclic) bond motifs is 1. The normalized spacial score (nSPS) is 39.9. The Morgan fingerprint density at radius 3 is 2.39 bits per heavy atom. The molecule has 0 aliphatic carbocycles. The first-order valence-corrected chi connectivity index (χ1v) is 19.1. The van der Waals surface area contributed by atoms with E-state index in [2.05, 4.69) is 4.98 Å². The van der Waals surface area contributed by atoms with Crippen LogP contribution in [0.4, 0.5) is 9.18 Å². The Hall–Kier alpha value is -3.24. The monoisotopic (exact) mass is 765 g/mol. The van der Waals surface area contributed by atoms with Crippen LogP contribution in [-0.4, -0.2) is 135 Å². The molecule has 1 amide bonds. The molecule has 304 valence electrons. The van der Waals surface area contributed by atoms with Crippen LogP contribution in [-0.2, 0) is 33.3 Å². The largest absolute Gasteiger partial charge is 0.492 e. The van der Waals surface area contributed by atoms with Crippen molar-refractivity contribution in [3.8, 4) is 5.75 Å². The Bertz CT molecular complexity index is 1480. The Morgan fingerprint density at radius 2 is 1.78 bits per heavy atom. The number of pyridine rings is 1. The van der Waals surface area contributed by atoms with Gasteiger partial charge in [-0.2, -0.15) is 0 Å². The summed E-state index contributed by atoms with van der Waals surface area (Å²) in [6.45, 7) is 14.6. The SMILES string of the molecule is CC[C@H]1OC(=O)[C@@](C)(F)C(=O)[C@H](C)[C@@H](OC2O[C@H](C)C[C@H](N(C)CC)[C@H]2O)[C@](C)(O)C[C@@H](C)C(=O)[C@H](C)C2N(CCCOc3cccnc3)C(=O)O[C@@]21C. The zero-order valence-corrected chi connectivity index (χ0v) is 33.3. The van der Waals surface area contributed by atoms with E-state index in [1.807, 2.05) is 25.8 Å². The van der Waals surface area contributed by atoms with Crippen LogP contribution < -0.4 is 4.74 Å². The number of rotatable bonds is 10. The van der Waals surface area contributed by atoms with Gasteiger partial charge in [0.25, 0.3) is 5.67 Å². The Balaban J connectivity index is 1.72. The van der Waals surface area contributed by atoms with Crippen LogP contribution in [0.25, 0.3) is 0 Å². The number of alkyl halides is 1. The highest BCUT2D eigenvalue weighted by Crippen LogP contribution is 2.43. The van der Waals surface area contributed by atoms with Crippen molar-refractivity contribution in [1.29, 1.82) is 0 Å². The maximum Gasteiger partial charge on any atom is 0.410 e. The van der Waals surface area contributed by atoms with Gasteiger partial charge in [0.05, 0.1) is 36.7 Å². The van der Waals surface area contributed by atoms with Crippen molar-refractivity contribution >= 4 is 23.6 Å². The molecule has 0 aromatic carbocycles. The molecule has 14 nitrogen and oxygen atoms in total. The molecule has 0 radical (unpaired) electrons. The first kappa shape index (κ1) is 43.5. The number of hydrogen-bond acceptors (Lipinski definition) is 13. The average molecular weight is 766 g/mol. The summed E-state index contributed by atoms with van der Waals surface area (Å²) >= 11 is 0. The van der Waals surface area contributed by atoms with E-state index < -0.39 is 83.1 Å². The Labute approximate surface area is 318 Å². The van der Waals surface area contributed by atoms with E-state index in [0.29, 0.717) is 25.1 Å². The molecule has 4 rings (SSSR count). The van der Waals surface area contributed by atoms with Gasteiger partial charge in [0.2, 0.25) is 0 Å². The molecule has 3 aliphatic heterocycles. The second-order valence-electron chi connectivity index (χ2n) is 15.9. The number of amides is 1. The summed E-state index contributed by atoms with van der Waals surface area (Å²) in [7, 11) is 1.84. The number of halogens is 1. The van der Waals surface area contributed by atoms with Crippen LogP contribution in [0, 0.1) is 17.8 Å². The Kier molecular flexibility index (Phi) is 13.9. The molecular formula is C39H60FN3O11. The van der Waals surface area contributed by atoms with Gasteiger partial charge in [-0.3, -0.25) is 14.6 Å². The van der Waals surface area contributed by atoms with Gasteiger partial charge in [0.15, 0.2) is 17.7 Å². The van der Waals surface area contributed by atoms with Crippen LogP contribution in [0.2, 0.25) is 0 Å². The van der Waals surface area contributed by atoms with Crippen LogP contribution in [0.5, 0.6) is 5.75 Å². The minimum atomic E-state index is -3.23. The second kappa shape index (κ2) is 17.3. The highest BCUT2D eigenvalue weighted by Gasteiger charge is 2.61. The number of esters is 1. The molecule has 3 fully saturated rings. The van der Waals surface area contributed by atoms with E-state index in [-0.39, 0.29) is 43.9 Å². The minimum absolute atomic E-state index is 0.0587. The van der Waals surface area contributed by atoms with Crippen molar-refractivity contribution in [2.45, 2.75) is 148 Å². The standard InChI is InChI=1S/C39H60FN3O11/c1-11-28-39(9)31(43(36(48)54-39)17-14-18-50-26-15-13-16-41-21-26)24(5)29(44)22(3)20-37(7,49)33(25(6)32(46)38(8,40)35(47)52-28)53-34-30(45)27(42(10)12-2)19-23(4)51-34/h13,15-16,21-25,27-28,30-31,33-34,45,49H,11-12,14,17-20H2,1-10H3/t22-,23-,24+,25+,27+,28-,30-,31?,33-,34?,37-,38+,39-/m1/s1. The van der Waals surface area contributed by atoms with Crippen molar-refractivity contribution < 1.29 is 57.5 Å². The lowest BCUT2D eigenvalue weighted by Gasteiger charge is -2.46. The number of cyclic esters (lactones) is 1. The van der Waals surface area contributed by atoms with Gasteiger partial charge in [-0.15, -0.1) is 0 Å². The number of ketones is 2. The zero-order chi connectivity index (χ0) is 40.3. The average Bonchev–Trinajstić information content (AvgIpc) is 3.39. The van der Waals surface area contributed by atoms with Crippen molar-refractivity contribution in [2.75, 3.05) is 26.7 Å². The maximum absolute atomic E-state index is 16.7. The molecular weight excluding hydrogens is 705 g/mol. The summed E-state index contributed by atoms with van der Waals surface area (Å²) < 4.78 is 46.4. The Morgan fingerprint density at radius 1 is 1.09 bits per heavy atom. The highest BCUT2D eigenvalue weighted by atomic mass is 19.1. The number of aliphatic hydroxyl groups is 2. The summed E-state index contributed by atoms with van der Waals surface area (Å²) in [5, 5.41) is 23.6. The van der Waals surface area contributed by atoms with Crippen molar-refractivity contribution in [3.05, 3.63) is 24.5 Å². The van der Waals surface area contributed by atoms with E-state index >= 15 is 4.39 Å². The van der Waals surface area contributed by atoms with Crippen LogP contribution >= 0.6 is 0 Å². The van der Waals surface area contributed by atoms with Gasteiger partial charge in [-0.05, 0) is 79.1 Å². The zero-order valence-electron chi connectivity index (χ0n) is 33.3. The number of hydrogen-bond donors (Lipinski definition) is 2. The molecule has 0 saturated carbocycles. The summed E-state index contributed by atoms with van der Waals surface area (Å²) in [5.41, 5.74) is -6.86. The third-order valence-corrected chi connectivity index (χ3v) is 11.6. The van der Waals surface area contributed by atoms with Gasteiger partial charge in [-0.1, -0.05) is 34.6 Å². The number of aromatic nitrogens is 1. The molecule has 54 heavy (non-hydrogen) atoms. The van der Waals surface area contributed by atoms with E-state index in [1.165, 1.54) is 18.7 Å². The van der Waals surface area contributed by atoms with E-state index in [1.54, 1.807) is 52.2 Å². The van der Waals surface area contributed by atoms with Crippen molar-refractivity contribution in [1.82, 2.24) is 14.8 Å². The topological polar surface area (TPSA) is 174 Å². The van der Waals surface area contributed by atoms with E-state index in [0.717, 1.165) is 6.92 Å². The number of carbonyl (C=O) groups excluding carboxylic acids is 4. The molecule has 2 N–H and O–H groups in total. The first-order chi connectivity index (χ1) is 25.2. The second-order valence-corrected chi connectivity index (χ2v) is 15.9. The smallest absolute Gasteiger partial charge is 0.410 e. The summed E-state index contributed by atoms with van der Waals surface area (Å²) in [5.74, 6) is -5.83. The molecule has 2 unspecified atom stereocenters. The quantitative estimate of drug-likeness (QED) is 0.200. The number of ether oxygens (including phenoxy) is 5. The van der Waals surface area contributed by atoms with Crippen molar-refractivity contribution in [2.24, 2.45) is 17.8 Å². The fraction of sp³-hybridized carbons (Fsp3) is 0.769. The van der Waals surface area contributed by atoms with Gasteiger partial charge in [-0.25, -0.2) is 14.0 Å². The molecule has 0 bridgehead atoms. The molecule has 15 heteroatoms. The lowest BCUT2D eigenvalue weighted by Crippen LogP contribution is -2.61. The van der Waals surface area contributed by atoms with Crippen molar-refractivity contribution in [3.63, 3.8) is 0 Å². The minimum Gasteiger partial charge on any atom is -0.492 e. The van der Waals surface area contributed by atoms with Crippen LogP contribution in [0.3, 0.4) is 0 Å². The predicted octanol–water partition coefficient (Wildman–Crippen LogP) is 3.88. The molecule has 0 spiro atoms. The molecule has 1 aromatic heterocycles. The predicted molar refractivity (Wildman–Crippen MR) is 194 cm³/mol. The molecule has 13 atom stereocenters. The lowest BCUT2D eigenvalue weighted by atomic mass is 9.73. The number of carbonyl (C=O) groups is 4. The fourth-order valence-electron chi connectivity index (χ4n) is 8.55. The van der Waals surface area contributed by atoms with E-state index in [4.69, 9.17) is 23.7 Å².